The van der Waals surface area contributed by atoms with E-state index in [0.717, 1.165) is 0 Å². The van der Waals surface area contributed by atoms with Gasteiger partial charge in [-0.15, -0.1) is 0 Å². The predicted octanol–water partition coefficient (Wildman–Crippen LogP) is -0.611. The molecule has 0 aliphatic rings. The molecule has 0 bridgehead atoms. The molecule has 0 saturated heterocycles. The van der Waals surface area contributed by atoms with Crippen molar-refractivity contribution in [3.8, 4) is 0 Å². The van der Waals surface area contributed by atoms with Gasteiger partial charge >= 0.3 is 12.0 Å². The van der Waals surface area contributed by atoms with Crippen molar-refractivity contribution in [1.82, 2.24) is 10.6 Å². The highest BCUT2D eigenvalue weighted by Crippen LogP contribution is 1.99. The van der Waals surface area contributed by atoms with Crippen LogP contribution in [-0.2, 0) is 4.79 Å². The molecule has 6 nitrogen and oxygen atoms in total. The third kappa shape index (κ3) is 6.24. The molecule has 0 rings (SSSR count). The summed E-state index contributed by atoms with van der Waals surface area (Å²) >= 11 is 0. The van der Waals surface area contributed by atoms with Gasteiger partial charge in [-0.1, -0.05) is 0 Å². The van der Waals surface area contributed by atoms with Gasteiger partial charge in [0.05, 0.1) is 6.42 Å². The number of amides is 2. The molecule has 0 saturated carbocycles. The average Bonchev–Trinajstić information content (AvgIpc) is 2.12. The minimum atomic E-state index is -0.984. The number of hydrogen-bond acceptors (Lipinski definition) is 3. The van der Waals surface area contributed by atoms with Crippen LogP contribution in [0, 0.1) is 5.92 Å². The van der Waals surface area contributed by atoms with Gasteiger partial charge in [-0.25, -0.2) is 4.79 Å². The highest BCUT2D eigenvalue weighted by molar-refractivity contribution is 5.73. The summed E-state index contributed by atoms with van der Waals surface area (Å²) in [6, 6.07) is -0.351. The van der Waals surface area contributed by atoms with E-state index in [1.807, 2.05) is 0 Å². The summed E-state index contributed by atoms with van der Waals surface area (Å²) in [5.41, 5.74) is 0. The van der Waals surface area contributed by atoms with Crippen LogP contribution in [0.1, 0.15) is 13.3 Å². The van der Waals surface area contributed by atoms with Crippen LogP contribution in [0.2, 0.25) is 0 Å². The summed E-state index contributed by atoms with van der Waals surface area (Å²) in [7, 11) is 0. The molecule has 6 heteroatoms. The molecule has 0 heterocycles. The number of carbonyl (C=O) groups is 2. The highest BCUT2D eigenvalue weighted by atomic mass is 16.4. The molecule has 0 aromatic heterocycles. The second kappa shape index (κ2) is 7.14. The quantitative estimate of drug-likeness (QED) is 0.463. The average molecular weight is 204 g/mol. The van der Waals surface area contributed by atoms with Gasteiger partial charge in [0.15, 0.2) is 0 Å². The van der Waals surface area contributed by atoms with E-state index >= 15 is 0 Å². The zero-order valence-corrected chi connectivity index (χ0v) is 8.12. The third-order valence-corrected chi connectivity index (χ3v) is 1.61. The molecule has 1 atom stereocenters. The summed E-state index contributed by atoms with van der Waals surface area (Å²) in [5, 5.41) is 22.2. The molecular formula is C8H16N2O4. The fourth-order valence-corrected chi connectivity index (χ4v) is 0.908. The van der Waals surface area contributed by atoms with E-state index in [4.69, 9.17) is 10.2 Å². The molecule has 2 amide bonds. The van der Waals surface area contributed by atoms with E-state index in [0.29, 0.717) is 6.54 Å². The lowest BCUT2D eigenvalue weighted by Gasteiger charge is -2.12. The number of aliphatic hydroxyl groups is 1. The zero-order chi connectivity index (χ0) is 11.0. The minimum Gasteiger partial charge on any atom is -0.481 e. The van der Waals surface area contributed by atoms with Gasteiger partial charge in [-0.3, -0.25) is 4.79 Å². The maximum absolute atomic E-state index is 10.9. The molecule has 1 unspecified atom stereocenters. The van der Waals surface area contributed by atoms with Gasteiger partial charge in [-0.05, 0) is 6.92 Å². The van der Waals surface area contributed by atoms with Gasteiger partial charge in [-0.2, -0.15) is 0 Å². The van der Waals surface area contributed by atoms with Crippen molar-refractivity contribution in [2.24, 2.45) is 5.92 Å². The number of aliphatic hydroxyl groups excluding tert-OH is 1. The Labute approximate surface area is 82.3 Å². The Balaban J connectivity index is 3.71. The van der Waals surface area contributed by atoms with Crippen LogP contribution in [0.25, 0.3) is 0 Å². The van der Waals surface area contributed by atoms with Crippen molar-refractivity contribution < 1.29 is 19.8 Å². The number of urea groups is 1. The maximum Gasteiger partial charge on any atom is 0.314 e. The van der Waals surface area contributed by atoms with E-state index in [-0.39, 0.29) is 25.6 Å². The fraction of sp³-hybridized carbons (Fsp3) is 0.750. The van der Waals surface area contributed by atoms with Crippen LogP contribution in [0.5, 0.6) is 0 Å². The van der Waals surface area contributed by atoms with Crippen molar-refractivity contribution in [2.75, 3.05) is 19.7 Å². The van der Waals surface area contributed by atoms with E-state index in [9.17, 15) is 9.59 Å². The Morgan fingerprint density at radius 1 is 1.36 bits per heavy atom. The zero-order valence-electron chi connectivity index (χ0n) is 8.12. The van der Waals surface area contributed by atoms with Crippen molar-refractivity contribution in [3.63, 3.8) is 0 Å². The summed E-state index contributed by atoms with van der Waals surface area (Å²) in [6.07, 6.45) is -0.150. The maximum atomic E-state index is 10.9. The largest absolute Gasteiger partial charge is 0.481 e. The first-order valence-corrected chi connectivity index (χ1v) is 4.44. The second-order valence-corrected chi connectivity index (χ2v) is 2.89. The highest BCUT2D eigenvalue weighted by Gasteiger charge is 2.12. The van der Waals surface area contributed by atoms with E-state index in [1.165, 1.54) is 0 Å². The number of aliphatic carboxylic acids is 1. The van der Waals surface area contributed by atoms with E-state index < -0.39 is 11.9 Å². The summed E-state index contributed by atoms with van der Waals surface area (Å²) < 4.78 is 0. The molecule has 0 spiro atoms. The van der Waals surface area contributed by atoms with Crippen molar-refractivity contribution >= 4 is 12.0 Å². The van der Waals surface area contributed by atoms with Gasteiger partial charge in [0.25, 0.3) is 0 Å². The van der Waals surface area contributed by atoms with Crippen LogP contribution < -0.4 is 10.6 Å². The number of carboxylic acid groups (broad SMARTS) is 1. The van der Waals surface area contributed by atoms with E-state index in [2.05, 4.69) is 10.6 Å². The SMILES string of the molecule is CCNC(=O)NCC(CO)CC(=O)O. The van der Waals surface area contributed by atoms with E-state index in [1.54, 1.807) is 6.92 Å². The van der Waals surface area contributed by atoms with Crippen molar-refractivity contribution in [3.05, 3.63) is 0 Å². The number of carboxylic acids is 1. The molecular weight excluding hydrogens is 188 g/mol. The summed E-state index contributed by atoms with van der Waals surface area (Å²) in [5.74, 6) is -1.42. The standard InChI is InChI=1S/C8H16N2O4/c1-2-9-8(14)10-4-6(5-11)3-7(12)13/h6,11H,2-5H2,1H3,(H,12,13)(H2,9,10,14). The lowest BCUT2D eigenvalue weighted by Crippen LogP contribution is -2.39. The van der Waals surface area contributed by atoms with Crippen LogP contribution in [0.15, 0.2) is 0 Å². The molecule has 4 N–H and O–H groups in total. The number of rotatable bonds is 6. The Morgan fingerprint density at radius 3 is 2.43 bits per heavy atom. The number of carbonyl (C=O) groups excluding carboxylic acids is 1. The van der Waals surface area contributed by atoms with Crippen LogP contribution in [-0.4, -0.2) is 41.9 Å². The van der Waals surface area contributed by atoms with Crippen LogP contribution in [0.3, 0.4) is 0 Å². The van der Waals surface area contributed by atoms with Crippen LogP contribution in [0.4, 0.5) is 4.79 Å². The van der Waals surface area contributed by atoms with Gasteiger partial charge in [0.1, 0.15) is 0 Å². The van der Waals surface area contributed by atoms with Gasteiger partial charge in [0.2, 0.25) is 0 Å². The van der Waals surface area contributed by atoms with Crippen molar-refractivity contribution in [2.45, 2.75) is 13.3 Å². The Morgan fingerprint density at radius 2 is 2.00 bits per heavy atom. The van der Waals surface area contributed by atoms with Crippen molar-refractivity contribution in [1.29, 1.82) is 0 Å². The molecule has 82 valence electrons. The number of nitrogens with one attached hydrogen (secondary N) is 2. The molecule has 14 heavy (non-hydrogen) atoms. The normalized spacial score (nSPS) is 11.9. The number of hydrogen-bond donors (Lipinski definition) is 4. The molecule has 0 aliphatic carbocycles. The van der Waals surface area contributed by atoms with Crippen LogP contribution >= 0.6 is 0 Å². The fourth-order valence-electron chi connectivity index (χ4n) is 0.908. The molecule has 0 aliphatic heterocycles. The monoisotopic (exact) mass is 204 g/mol. The molecule has 0 aromatic carbocycles. The summed E-state index contributed by atoms with van der Waals surface area (Å²) in [6.45, 7) is 2.20. The third-order valence-electron chi connectivity index (χ3n) is 1.61. The first-order chi connectivity index (χ1) is 6.60. The van der Waals surface area contributed by atoms with Gasteiger partial charge < -0.3 is 20.8 Å². The predicted molar refractivity (Wildman–Crippen MR) is 49.9 cm³/mol. The topological polar surface area (TPSA) is 98.7 Å². The lowest BCUT2D eigenvalue weighted by atomic mass is 10.1. The summed E-state index contributed by atoms with van der Waals surface area (Å²) in [4.78, 5) is 21.2. The lowest BCUT2D eigenvalue weighted by molar-refractivity contribution is -0.138. The Kier molecular flexibility index (Phi) is 6.47. The second-order valence-electron chi connectivity index (χ2n) is 2.89. The minimum absolute atomic E-state index is 0.150. The first-order valence-electron chi connectivity index (χ1n) is 4.44. The Hall–Kier alpha value is -1.30. The van der Waals surface area contributed by atoms with Gasteiger partial charge in [0, 0.05) is 25.6 Å². The smallest absolute Gasteiger partial charge is 0.314 e. The molecule has 0 aromatic rings. The molecule has 0 radical (unpaired) electrons. The molecule has 0 fully saturated rings. The Bertz CT molecular complexity index is 196. The first kappa shape index (κ1) is 12.7.